The van der Waals surface area contributed by atoms with E-state index >= 15 is 0 Å². The first kappa shape index (κ1) is 11.5. The van der Waals surface area contributed by atoms with Crippen LogP contribution in [0.5, 0.6) is 0 Å². The Morgan fingerprint density at radius 1 is 1.00 bits per heavy atom. The lowest BCUT2D eigenvalue weighted by Crippen LogP contribution is -2.22. The highest BCUT2D eigenvalue weighted by molar-refractivity contribution is 7.80. The highest BCUT2D eigenvalue weighted by Crippen LogP contribution is 2.12. The minimum Gasteiger partial charge on any atom is -0.363 e. The van der Waals surface area contributed by atoms with Gasteiger partial charge in [-0.1, -0.05) is 0 Å². The molecule has 0 N–H and O–H groups in total. The number of nitrogens with zero attached hydrogens (tertiary/aromatic N) is 4. The third-order valence-electron chi connectivity index (χ3n) is 3.12. The first-order chi connectivity index (χ1) is 7.66. The summed E-state index contributed by atoms with van der Waals surface area (Å²) in [6, 6.07) is 0. The third-order valence-corrected chi connectivity index (χ3v) is 3.30. The van der Waals surface area contributed by atoms with Crippen molar-refractivity contribution in [2.75, 3.05) is 27.2 Å². The summed E-state index contributed by atoms with van der Waals surface area (Å²) < 4.78 is 0. The molecule has 2 saturated heterocycles. The molecular formula is C11H18N4S. The van der Waals surface area contributed by atoms with Gasteiger partial charge in [0.1, 0.15) is 11.7 Å². The predicted octanol–water partition coefficient (Wildman–Crippen LogP) is 1.52. The summed E-state index contributed by atoms with van der Waals surface area (Å²) in [7, 11) is 4.12. The van der Waals surface area contributed by atoms with Gasteiger partial charge >= 0.3 is 0 Å². The van der Waals surface area contributed by atoms with Gasteiger partial charge in [0.25, 0.3) is 0 Å². The summed E-state index contributed by atoms with van der Waals surface area (Å²) in [5.41, 5.74) is 0. The molecule has 0 aromatic carbocycles. The second-order valence-electron chi connectivity index (χ2n) is 4.39. The van der Waals surface area contributed by atoms with Crippen LogP contribution in [0.15, 0.2) is 9.98 Å². The van der Waals surface area contributed by atoms with Crippen molar-refractivity contribution in [3.05, 3.63) is 0 Å². The Kier molecular flexibility index (Phi) is 3.53. The minimum atomic E-state index is 0.479. The van der Waals surface area contributed by atoms with E-state index < -0.39 is 0 Å². The Morgan fingerprint density at radius 3 is 1.75 bits per heavy atom. The SMILES string of the molecule is CN1CCCC1=NC(=S)N=C1CCCN1C. The van der Waals surface area contributed by atoms with Crippen LogP contribution in [0.1, 0.15) is 25.7 Å². The molecule has 2 fully saturated rings. The van der Waals surface area contributed by atoms with Gasteiger partial charge in [-0.25, -0.2) is 9.98 Å². The number of rotatable bonds is 0. The topological polar surface area (TPSA) is 31.2 Å². The lowest BCUT2D eigenvalue weighted by atomic mass is 10.4. The second-order valence-corrected chi connectivity index (χ2v) is 4.75. The molecule has 2 aliphatic rings. The standard InChI is InChI=1S/C11H18N4S/c1-14-7-3-5-9(14)12-11(16)13-10-6-4-8-15(10)2/h3-8H2,1-2H3. The lowest BCUT2D eigenvalue weighted by molar-refractivity contribution is 0.549. The maximum absolute atomic E-state index is 5.20. The smallest absolute Gasteiger partial charge is 0.222 e. The molecule has 2 heterocycles. The Labute approximate surface area is 102 Å². The molecule has 0 aromatic heterocycles. The van der Waals surface area contributed by atoms with Gasteiger partial charge in [0.2, 0.25) is 5.11 Å². The van der Waals surface area contributed by atoms with Crippen LogP contribution in [0.2, 0.25) is 0 Å². The highest BCUT2D eigenvalue weighted by Gasteiger charge is 2.16. The van der Waals surface area contributed by atoms with Gasteiger partial charge in [0, 0.05) is 40.0 Å². The quantitative estimate of drug-likeness (QED) is 0.600. The summed E-state index contributed by atoms with van der Waals surface area (Å²) in [5, 5.41) is 0.479. The van der Waals surface area contributed by atoms with Crippen molar-refractivity contribution >= 4 is 29.0 Å². The molecule has 0 bridgehead atoms. The summed E-state index contributed by atoms with van der Waals surface area (Å²) in [6.45, 7) is 2.16. The second kappa shape index (κ2) is 4.91. The molecule has 0 atom stereocenters. The predicted molar refractivity (Wildman–Crippen MR) is 71.2 cm³/mol. The van der Waals surface area contributed by atoms with E-state index in [1.165, 1.54) is 12.8 Å². The normalized spacial score (nSPS) is 26.1. The van der Waals surface area contributed by atoms with Gasteiger partial charge in [-0.15, -0.1) is 0 Å². The Morgan fingerprint density at radius 2 is 1.44 bits per heavy atom. The van der Waals surface area contributed by atoms with Crippen LogP contribution >= 0.6 is 12.2 Å². The first-order valence-electron chi connectivity index (χ1n) is 5.78. The van der Waals surface area contributed by atoms with Crippen molar-refractivity contribution < 1.29 is 0 Å². The number of hydrogen-bond donors (Lipinski definition) is 0. The summed E-state index contributed by atoms with van der Waals surface area (Å²) in [6.07, 6.45) is 4.40. The van der Waals surface area contributed by atoms with Crippen molar-refractivity contribution in [2.45, 2.75) is 25.7 Å². The summed E-state index contributed by atoms with van der Waals surface area (Å²) in [5.74, 6) is 2.16. The number of aliphatic imine (C=N–C) groups is 2. The molecule has 0 unspecified atom stereocenters. The van der Waals surface area contributed by atoms with E-state index in [0.29, 0.717) is 5.11 Å². The molecular weight excluding hydrogens is 220 g/mol. The number of hydrogen-bond acceptors (Lipinski definition) is 1. The monoisotopic (exact) mass is 238 g/mol. The van der Waals surface area contributed by atoms with E-state index in [9.17, 15) is 0 Å². The van der Waals surface area contributed by atoms with Crippen molar-refractivity contribution in [1.29, 1.82) is 0 Å². The van der Waals surface area contributed by atoms with Crippen molar-refractivity contribution in [1.82, 2.24) is 9.80 Å². The van der Waals surface area contributed by atoms with Crippen LogP contribution in [-0.2, 0) is 0 Å². The van der Waals surface area contributed by atoms with Gasteiger partial charge in [0.15, 0.2) is 0 Å². The molecule has 2 rings (SSSR count). The molecule has 0 radical (unpaired) electrons. The van der Waals surface area contributed by atoms with E-state index in [0.717, 1.165) is 37.6 Å². The van der Waals surface area contributed by atoms with Crippen LogP contribution in [-0.4, -0.2) is 53.8 Å². The Balaban J connectivity index is 2.03. The molecule has 0 spiro atoms. The summed E-state index contributed by atoms with van der Waals surface area (Å²) >= 11 is 5.20. The van der Waals surface area contributed by atoms with Gasteiger partial charge in [-0.2, -0.15) is 0 Å². The molecule has 0 aromatic rings. The average Bonchev–Trinajstić information content (AvgIpc) is 2.79. The van der Waals surface area contributed by atoms with Crippen LogP contribution in [0, 0.1) is 0 Å². The van der Waals surface area contributed by atoms with E-state index in [-0.39, 0.29) is 0 Å². The Bertz CT molecular complexity index is 316. The van der Waals surface area contributed by atoms with Crippen LogP contribution < -0.4 is 0 Å². The van der Waals surface area contributed by atoms with Crippen molar-refractivity contribution in [3.63, 3.8) is 0 Å². The number of amidine groups is 2. The molecule has 4 nitrogen and oxygen atoms in total. The third kappa shape index (κ3) is 2.58. The zero-order valence-electron chi connectivity index (χ0n) is 9.94. The lowest BCUT2D eigenvalue weighted by Gasteiger charge is -2.12. The fourth-order valence-electron chi connectivity index (χ4n) is 2.12. The maximum Gasteiger partial charge on any atom is 0.222 e. The first-order valence-corrected chi connectivity index (χ1v) is 6.19. The molecule has 5 heteroatoms. The van der Waals surface area contributed by atoms with Crippen molar-refractivity contribution in [3.8, 4) is 0 Å². The fourth-order valence-corrected chi connectivity index (χ4v) is 2.33. The maximum atomic E-state index is 5.20. The van der Waals surface area contributed by atoms with Crippen molar-refractivity contribution in [2.24, 2.45) is 9.98 Å². The number of likely N-dealkylation sites (tertiary alicyclic amines) is 2. The van der Waals surface area contributed by atoms with Gasteiger partial charge in [-0.3, -0.25) is 0 Å². The highest BCUT2D eigenvalue weighted by atomic mass is 32.1. The van der Waals surface area contributed by atoms with Gasteiger partial charge < -0.3 is 9.80 Å². The van der Waals surface area contributed by atoms with E-state index in [1.807, 2.05) is 0 Å². The zero-order valence-corrected chi connectivity index (χ0v) is 10.8. The van der Waals surface area contributed by atoms with Crippen LogP contribution in [0.25, 0.3) is 0 Å². The molecule has 0 amide bonds. The fraction of sp³-hybridized carbons (Fsp3) is 0.727. The van der Waals surface area contributed by atoms with Crippen LogP contribution in [0.4, 0.5) is 0 Å². The average molecular weight is 238 g/mol. The zero-order chi connectivity index (χ0) is 11.5. The molecule has 16 heavy (non-hydrogen) atoms. The minimum absolute atomic E-state index is 0.479. The largest absolute Gasteiger partial charge is 0.363 e. The van der Waals surface area contributed by atoms with E-state index in [4.69, 9.17) is 12.2 Å². The van der Waals surface area contributed by atoms with E-state index in [1.54, 1.807) is 0 Å². The molecule has 0 aliphatic carbocycles. The molecule has 88 valence electrons. The Hall–Kier alpha value is -0.970. The number of thiocarbonyl (C=S) groups is 1. The van der Waals surface area contributed by atoms with Gasteiger partial charge in [-0.05, 0) is 25.1 Å². The molecule has 0 saturated carbocycles. The summed E-state index contributed by atoms with van der Waals surface area (Å²) in [4.78, 5) is 13.1. The van der Waals surface area contributed by atoms with Crippen LogP contribution in [0.3, 0.4) is 0 Å². The van der Waals surface area contributed by atoms with E-state index in [2.05, 4.69) is 33.9 Å². The van der Waals surface area contributed by atoms with Gasteiger partial charge in [0.05, 0.1) is 0 Å². The molecule has 2 aliphatic heterocycles.